The molecule has 0 spiro atoms. The summed E-state index contributed by atoms with van der Waals surface area (Å²) in [5, 5.41) is 8.03. The van der Waals surface area contributed by atoms with Crippen LogP contribution in [0.1, 0.15) is 0 Å². The number of aliphatic hydroxyl groups is 1. The van der Waals surface area contributed by atoms with Gasteiger partial charge in [-0.1, -0.05) is 6.58 Å². The number of hydrogen-bond acceptors (Lipinski definition) is 1. The molecule has 0 amide bonds. The van der Waals surface area contributed by atoms with Crippen LogP contribution in [0.3, 0.4) is 0 Å². The Balaban J connectivity index is 3.30. The first-order valence-corrected chi connectivity index (χ1v) is 1.42. The lowest BCUT2D eigenvalue weighted by atomic mass is 10.6. The first-order valence-electron chi connectivity index (χ1n) is 1.42. The van der Waals surface area contributed by atoms with Gasteiger partial charge in [-0.3, -0.25) is 0 Å². The molecule has 2 heteroatoms. The van der Waals surface area contributed by atoms with Gasteiger partial charge in [0, 0.05) is 6.08 Å². The molecule has 0 aliphatic rings. The van der Waals surface area contributed by atoms with Gasteiger partial charge in [0.05, 0.1) is 6.33 Å². The van der Waals surface area contributed by atoms with Gasteiger partial charge in [-0.25, -0.2) is 4.39 Å². The molecule has 6 heavy (non-hydrogen) atoms. The molecule has 0 aromatic carbocycles. The molecule has 1 nitrogen and oxygen atoms in total. The van der Waals surface area contributed by atoms with Crippen LogP contribution in [0.2, 0.25) is 0 Å². The zero-order valence-corrected chi connectivity index (χ0v) is 3.19. The van der Waals surface area contributed by atoms with E-state index < -0.39 is 0 Å². The van der Waals surface area contributed by atoms with Crippen LogP contribution in [-0.2, 0) is 0 Å². The maximum atomic E-state index is 10.8. The van der Waals surface area contributed by atoms with Crippen LogP contribution in [0.15, 0.2) is 24.7 Å². The Morgan fingerprint density at radius 3 is 2.33 bits per heavy atom. The lowest BCUT2D eigenvalue weighted by molar-refractivity contribution is 0.433. The molecule has 0 aromatic heterocycles. The van der Waals surface area contributed by atoms with Gasteiger partial charge in [-0.2, -0.15) is 0 Å². The van der Waals surface area contributed by atoms with Crippen molar-refractivity contribution in [1.82, 2.24) is 0 Å². The minimum absolute atomic E-state index is 0.225. The highest BCUT2D eigenvalue weighted by Crippen LogP contribution is 1.82. The molecular formula is C4H5FO. The van der Waals surface area contributed by atoms with Gasteiger partial charge in [0.15, 0.2) is 0 Å². The average molecular weight is 88.1 g/mol. The maximum absolute atomic E-state index is 10.8. The van der Waals surface area contributed by atoms with Gasteiger partial charge in [0.25, 0.3) is 0 Å². The number of halogens is 1. The highest BCUT2D eigenvalue weighted by atomic mass is 19.1. The summed E-state index contributed by atoms with van der Waals surface area (Å²) in [5.41, 5.74) is 0. The SMILES string of the molecule is C=C(O)/C=C/F. The highest BCUT2D eigenvalue weighted by molar-refractivity contribution is 5.01. The molecule has 0 aliphatic heterocycles. The lowest BCUT2D eigenvalue weighted by Crippen LogP contribution is -1.61. The summed E-state index contributed by atoms with van der Waals surface area (Å²) < 4.78 is 10.8. The largest absolute Gasteiger partial charge is 0.509 e. The third kappa shape index (κ3) is 3.21. The summed E-state index contributed by atoms with van der Waals surface area (Å²) in [6, 6.07) is 0. The van der Waals surface area contributed by atoms with Gasteiger partial charge in [0.1, 0.15) is 5.76 Å². The fourth-order valence-corrected chi connectivity index (χ4v) is 0.0727. The van der Waals surface area contributed by atoms with E-state index in [4.69, 9.17) is 5.11 Å². The third-order valence-electron chi connectivity index (χ3n) is 0.255. The van der Waals surface area contributed by atoms with Crippen molar-refractivity contribution >= 4 is 0 Å². The summed E-state index contributed by atoms with van der Waals surface area (Å²) >= 11 is 0. The Morgan fingerprint density at radius 2 is 2.33 bits per heavy atom. The van der Waals surface area contributed by atoms with Crippen molar-refractivity contribution < 1.29 is 9.50 Å². The lowest BCUT2D eigenvalue weighted by Gasteiger charge is -1.74. The molecule has 0 heterocycles. The molecule has 0 aliphatic carbocycles. The predicted molar refractivity (Wildman–Crippen MR) is 22.0 cm³/mol. The van der Waals surface area contributed by atoms with E-state index in [9.17, 15) is 4.39 Å². The number of aliphatic hydroxyl groups excluding tert-OH is 1. The van der Waals surface area contributed by atoms with Crippen LogP contribution in [0, 0.1) is 0 Å². The molecule has 0 saturated carbocycles. The summed E-state index contributed by atoms with van der Waals surface area (Å²) in [6.07, 6.45) is 1.09. The second kappa shape index (κ2) is 2.45. The standard InChI is InChI=1S/C4H5FO/c1-4(6)2-3-5/h2-3,6H,1H2/b3-2+. The Hall–Kier alpha value is -0.790. The molecule has 1 N–H and O–H groups in total. The summed E-state index contributed by atoms with van der Waals surface area (Å²) in [5.74, 6) is -0.266. The minimum Gasteiger partial charge on any atom is -0.509 e. The van der Waals surface area contributed by atoms with E-state index in [2.05, 4.69) is 6.58 Å². The maximum Gasteiger partial charge on any atom is 0.110 e. The Labute approximate surface area is 35.4 Å². The van der Waals surface area contributed by atoms with Crippen molar-refractivity contribution in [3.8, 4) is 0 Å². The molecule has 0 atom stereocenters. The van der Waals surface area contributed by atoms with Crippen LogP contribution in [0.25, 0.3) is 0 Å². The topological polar surface area (TPSA) is 20.2 Å². The summed E-state index contributed by atoms with van der Waals surface area (Å²) in [6.45, 7) is 2.97. The third-order valence-corrected chi connectivity index (χ3v) is 0.255. The minimum atomic E-state index is -0.266. The molecule has 0 aromatic rings. The van der Waals surface area contributed by atoms with E-state index in [1.54, 1.807) is 0 Å². The molecule has 0 fully saturated rings. The highest BCUT2D eigenvalue weighted by Gasteiger charge is 1.69. The Morgan fingerprint density at radius 1 is 1.83 bits per heavy atom. The van der Waals surface area contributed by atoms with Crippen molar-refractivity contribution in [2.24, 2.45) is 0 Å². The second-order valence-electron chi connectivity index (χ2n) is 0.784. The number of hydrogen-bond donors (Lipinski definition) is 1. The van der Waals surface area contributed by atoms with Crippen LogP contribution in [-0.4, -0.2) is 5.11 Å². The van der Waals surface area contributed by atoms with Crippen LogP contribution < -0.4 is 0 Å². The van der Waals surface area contributed by atoms with Gasteiger partial charge in [-0.05, 0) is 0 Å². The van der Waals surface area contributed by atoms with Crippen molar-refractivity contribution in [1.29, 1.82) is 0 Å². The van der Waals surface area contributed by atoms with Gasteiger partial charge in [0.2, 0.25) is 0 Å². The monoisotopic (exact) mass is 88.0 g/mol. The molecular weight excluding hydrogens is 83.0 g/mol. The van der Waals surface area contributed by atoms with Gasteiger partial charge in [-0.15, -0.1) is 0 Å². The van der Waals surface area contributed by atoms with Crippen molar-refractivity contribution in [2.75, 3.05) is 0 Å². The van der Waals surface area contributed by atoms with E-state index in [1.807, 2.05) is 0 Å². The first-order chi connectivity index (χ1) is 2.77. The molecule has 0 bridgehead atoms. The van der Waals surface area contributed by atoms with E-state index >= 15 is 0 Å². The zero-order chi connectivity index (χ0) is 4.99. The normalized spacial score (nSPS) is 9.50. The average Bonchev–Trinajstić information content (AvgIpc) is 1.35. The van der Waals surface area contributed by atoms with E-state index in [-0.39, 0.29) is 12.1 Å². The molecule has 0 rings (SSSR count). The van der Waals surface area contributed by atoms with Crippen molar-refractivity contribution in [3.63, 3.8) is 0 Å². The number of allylic oxidation sites excluding steroid dienone is 1. The fourth-order valence-electron chi connectivity index (χ4n) is 0.0727. The van der Waals surface area contributed by atoms with Crippen LogP contribution in [0.4, 0.5) is 4.39 Å². The molecule has 0 saturated heterocycles. The second-order valence-corrected chi connectivity index (χ2v) is 0.784. The van der Waals surface area contributed by atoms with Crippen molar-refractivity contribution in [3.05, 3.63) is 24.7 Å². The molecule has 0 unspecified atom stereocenters. The molecule has 0 radical (unpaired) electrons. The smallest absolute Gasteiger partial charge is 0.110 e. The summed E-state index contributed by atoms with van der Waals surface area (Å²) in [7, 11) is 0. The summed E-state index contributed by atoms with van der Waals surface area (Å²) in [4.78, 5) is 0. The van der Waals surface area contributed by atoms with Gasteiger partial charge < -0.3 is 5.11 Å². The Kier molecular flexibility index (Phi) is 2.13. The quantitative estimate of drug-likeness (QED) is 0.380. The Bertz CT molecular complexity index is 75.6. The zero-order valence-electron chi connectivity index (χ0n) is 3.19. The van der Waals surface area contributed by atoms with E-state index in [0.29, 0.717) is 0 Å². The first kappa shape index (κ1) is 5.21. The molecule has 34 valence electrons. The van der Waals surface area contributed by atoms with E-state index in [1.165, 1.54) is 0 Å². The fraction of sp³-hybridized carbons (Fsp3) is 0. The van der Waals surface area contributed by atoms with Crippen molar-refractivity contribution in [2.45, 2.75) is 0 Å². The van der Waals surface area contributed by atoms with E-state index in [0.717, 1.165) is 6.08 Å². The van der Waals surface area contributed by atoms with Crippen LogP contribution in [0.5, 0.6) is 0 Å². The van der Waals surface area contributed by atoms with Crippen LogP contribution >= 0.6 is 0 Å². The number of rotatable bonds is 1. The predicted octanol–water partition coefficient (Wildman–Crippen LogP) is 1.54. The van der Waals surface area contributed by atoms with Gasteiger partial charge >= 0.3 is 0 Å².